The maximum atomic E-state index is 9.27. The summed E-state index contributed by atoms with van der Waals surface area (Å²) in [6.07, 6.45) is 4.61. The van der Waals surface area contributed by atoms with Gasteiger partial charge in [0.15, 0.2) is 0 Å². The summed E-state index contributed by atoms with van der Waals surface area (Å²) in [7, 11) is 0. The normalized spacial score (nSPS) is 12.2. The van der Waals surface area contributed by atoms with Gasteiger partial charge < -0.3 is 5.11 Å². The van der Waals surface area contributed by atoms with Gasteiger partial charge in [-0.25, -0.2) is 0 Å². The van der Waals surface area contributed by atoms with Gasteiger partial charge in [-0.2, -0.15) is 0 Å². The highest BCUT2D eigenvalue weighted by Crippen LogP contribution is 2.16. The molecule has 1 unspecified atom stereocenters. The highest BCUT2D eigenvalue weighted by Gasteiger charge is 2.11. The van der Waals surface area contributed by atoms with Crippen molar-refractivity contribution >= 4 is 0 Å². The van der Waals surface area contributed by atoms with Crippen LogP contribution in [0.4, 0.5) is 0 Å². The SMILES string of the molecule is CC.CCCC(CCC)C(C)O. The van der Waals surface area contributed by atoms with E-state index in [-0.39, 0.29) is 6.10 Å². The first-order valence-corrected chi connectivity index (χ1v) is 5.40. The molecule has 0 saturated carbocycles. The van der Waals surface area contributed by atoms with Gasteiger partial charge in [0.1, 0.15) is 0 Å². The number of aliphatic hydroxyl groups excluding tert-OH is 1. The average molecular weight is 174 g/mol. The Morgan fingerprint density at radius 2 is 1.33 bits per heavy atom. The number of hydrogen-bond acceptors (Lipinski definition) is 1. The molecule has 12 heavy (non-hydrogen) atoms. The lowest BCUT2D eigenvalue weighted by molar-refractivity contribution is 0.113. The first kappa shape index (κ1) is 14.5. The Balaban J connectivity index is 0. The molecule has 0 bridgehead atoms. The predicted molar refractivity (Wildman–Crippen MR) is 56.3 cm³/mol. The highest BCUT2D eigenvalue weighted by atomic mass is 16.3. The molecule has 0 aliphatic heterocycles. The van der Waals surface area contributed by atoms with E-state index in [2.05, 4.69) is 13.8 Å². The number of hydrogen-bond donors (Lipinski definition) is 1. The molecule has 0 aliphatic rings. The molecule has 1 heteroatoms. The minimum Gasteiger partial charge on any atom is -0.393 e. The molecule has 0 aromatic rings. The second-order valence-electron chi connectivity index (χ2n) is 3.08. The number of rotatable bonds is 5. The maximum absolute atomic E-state index is 9.27. The monoisotopic (exact) mass is 174 g/mol. The van der Waals surface area contributed by atoms with Gasteiger partial charge in [-0.05, 0) is 25.7 Å². The first-order chi connectivity index (χ1) is 5.72. The van der Waals surface area contributed by atoms with Crippen molar-refractivity contribution in [2.24, 2.45) is 5.92 Å². The topological polar surface area (TPSA) is 20.2 Å². The fourth-order valence-electron chi connectivity index (χ4n) is 1.37. The Bertz CT molecular complexity index is 63.4. The van der Waals surface area contributed by atoms with E-state index in [1.807, 2.05) is 20.8 Å². The molecule has 0 spiro atoms. The summed E-state index contributed by atoms with van der Waals surface area (Å²) in [6, 6.07) is 0. The highest BCUT2D eigenvalue weighted by molar-refractivity contribution is 4.63. The average Bonchev–Trinajstić information content (AvgIpc) is 2.08. The lowest BCUT2D eigenvalue weighted by Gasteiger charge is -2.17. The van der Waals surface area contributed by atoms with Gasteiger partial charge in [0.2, 0.25) is 0 Å². The molecule has 0 saturated heterocycles. The molecule has 0 aliphatic carbocycles. The molecule has 1 atom stereocenters. The van der Waals surface area contributed by atoms with Crippen LogP contribution in [0.2, 0.25) is 0 Å². The Kier molecular flexibility index (Phi) is 13.2. The summed E-state index contributed by atoms with van der Waals surface area (Å²) >= 11 is 0. The number of aliphatic hydroxyl groups is 1. The quantitative estimate of drug-likeness (QED) is 0.675. The molecule has 0 rings (SSSR count). The van der Waals surface area contributed by atoms with E-state index in [1.165, 1.54) is 25.7 Å². The Morgan fingerprint density at radius 3 is 1.50 bits per heavy atom. The van der Waals surface area contributed by atoms with Crippen molar-refractivity contribution in [2.45, 2.75) is 66.4 Å². The van der Waals surface area contributed by atoms with Gasteiger partial charge in [-0.3, -0.25) is 0 Å². The van der Waals surface area contributed by atoms with Crippen molar-refractivity contribution in [3.05, 3.63) is 0 Å². The van der Waals surface area contributed by atoms with Crippen LogP contribution in [-0.4, -0.2) is 11.2 Å². The van der Waals surface area contributed by atoms with Gasteiger partial charge in [-0.1, -0.05) is 40.5 Å². The third-order valence-corrected chi connectivity index (χ3v) is 2.00. The Morgan fingerprint density at radius 1 is 1.00 bits per heavy atom. The summed E-state index contributed by atoms with van der Waals surface area (Å²) in [5, 5.41) is 9.27. The first-order valence-electron chi connectivity index (χ1n) is 5.40. The summed E-state index contributed by atoms with van der Waals surface area (Å²) < 4.78 is 0. The van der Waals surface area contributed by atoms with Crippen molar-refractivity contribution in [1.82, 2.24) is 0 Å². The van der Waals surface area contributed by atoms with E-state index >= 15 is 0 Å². The summed E-state index contributed by atoms with van der Waals surface area (Å²) in [6.45, 7) is 10.2. The van der Waals surface area contributed by atoms with E-state index in [0.717, 1.165) is 0 Å². The van der Waals surface area contributed by atoms with Gasteiger partial charge in [0.25, 0.3) is 0 Å². The second-order valence-corrected chi connectivity index (χ2v) is 3.08. The van der Waals surface area contributed by atoms with Crippen molar-refractivity contribution in [3.63, 3.8) is 0 Å². The van der Waals surface area contributed by atoms with Gasteiger partial charge in [-0.15, -0.1) is 0 Å². The molecule has 0 amide bonds. The largest absolute Gasteiger partial charge is 0.393 e. The van der Waals surface area contributed by atoms with Gasteiger partial charge >= 0.3 is 0 Å². The van der Waals surface area contributed by atoms with Crippen LogP contribution in [0.1, 0.15) is 60.3 Å². The minimum atomic E-state index is -0.111. The summed E-state index contributed by atoms with van der Waals surface area (Å²) in [5.74, 6) is 0.537. The third-order valence-electron chi connectivity index (χ3n) is 2.00. The zero-order valence-electron chi connectivity index (χ0n) is 9.43. The van der Waals surface area contributed by atoms with Crippen molar-refractivity contribution < 1.29 is 5.11 Å². The van der Waals surface area contributed by atoms with E-state index < -0.39 is 0 Å². The fraction of sp³-hybridized carbons (Fsp3) is 1.00. The molecule has 0 aromatic carbocycles. The fourth-order valence-corrected chi connectivity index (χ4v) is 1.37. The van der Waals surface area contributed by atoms with Crippen molar-refractivity contribution in [3.8, 4) is 0 Å². The molecule has 0 fully saturated rings. The molecule has 0 heterocycles. The smallest absolute Gasteiger partial charge is 0.0540 e. The molecule has 76 valence electrons. The molecule has 0 radical (unpaired) electrons. The molecular weight excluding hydrogens is 148 g/mol. The van der Waals surface area contributed by atoms with Crippen molar-refractivity contribution in [1.29, 1.82) is 0 Å². The molecule has 1 N–H and O–H groups in total. The molecule has 0 aromatic heterocycles. The van der Waals surface area contributed by atoms with Crippen LogP contribution < -0.4 is 0 Å². The standard InChI is InChI=1S/C9H20O.C2H6/c1-4-6-9(7-5-2)8(3)10;1-2/h8-10H,4-7H2,1-3H3;1-2H3. The van der Waals surface area contributed by atoms with Crippen LogP contribution in [0, 0.1) is 5.92 Å². The maximum Gasteiger partial charge on any atom is 0.0540 e. The minimum absolute atomic E-state index is 0.111. The predicted octanol–water partition coefficient (Wildman–Crippen LogP) is 3.61. The molecule has 1 nitrogen and oxygen atoms in total. The van der Waals surface area contributed by atoms with Crippen LogP contribution in [0.15, 0.2) is 0 Å². The van der Waals surface area contributed by atoms with Crippen LogP contribution in [0.25, 0.3) is 0 Å². The third kappa shape index (κ3) is 8.06. The van der Waals surface area contributed by atoms with Crippen LogP contribution in [0.3, 0.4) is 0 Å². The Hall–Kier alpha value is -0.0400. The summed E-state index contributed by atoms with van der Waals surface area (Å²) in [5.41, 5.74) is 0. The van der Waals surface area contributed by atoms with Gasteiger partial charge in [0.05, 0.1) is 6.10 Å². The van der Waals surface area contributed by atoms with E-state index in [0.29, 0.717) is 5.92 Å². The van der Waals surface area contributed by atoms with Gasteiger partial charge in [0, 0.05) is 0 Å². The van der Waals surface area contributed by atoms with Crippen LogP contribution in [-0.2, 0) is 0 Å². The lowest BCUT2D eigenvalue weighted by atomic mass is 9.93. The second kappa shape index (κ2) is 11.0. The van der Waals surface area contributed by atoms with Crippen LogP contribution >= 0.6 is 0 Å². The Labute approximate surface area is 78.2 Å². The zero-order valence-corrected chi connectivity index (χ0v) is 9.43. The summed E-state index contributed by atoms with van der Waals surface area (Å²) in [4.78, 5) is 0. The lowest BCUT2D eigenvalue weighted by Crippen LogP contribution is -2.15. The van der Waals surface area contributed by atoms with Crippen molar-refractivity contribution in [2.75, 3.05) is 0 Å². The van der Waals surface area contributed by atoms with E-state index in [9.17, 15) is 5.11 Å². The molecular formula is C11H26O. The zero-order chi connectivity index (χ0) is 9.98. The van der Waals surface area contributed by atoms with E-state index in [1.54, 1.807) is 0 Å². The van der Waals surface area contributed by atoms with Crippen LogP contribution in [0.5, 0.6) is 0 Å². The van der Waals surface area contributed by atoms with E-state index in [4.69, 9.17) is 0 Å².